The molecule has 0 fully saturated rings. The molecular weight excluding hydrogens is 198 g/mol. The highest BCUT2D eigenvalue weighted by Gasteiger charge is 2.08. The lowest BCUT2D eigenvalue weighted by molar-refractivity contribution is 0.335. The zero-order valence-electron chi connectivity index (χ0n) is 10.8. The molecule has 0 aliphatic heterocycles. The van der Waals surface area contributed by atoms with E-state index in [1.807, 2.05) is 6.92 Å². The molecule has 0 saturated carbocycles. The van der Waals surface area contributed by atoms with Crippen LogP contribution in [0.15, 0.2) is 18.2 Å². The van der Waals surface area contributed by atoms with Crippen LogP contribution in [0.2, 0.25) is 0 Å². The van der Waals surface area contributed by atoms with Crippen LogP contribution in [-0.4, -0.2) is 13.2 Å². The van der Waals surface area contributed by atoms with Crippen molar-refractivity contribution in [3.8, 4) is 5.75 Å². The van der Waals surface area contributed by atoms with Gasteiger partial charge in [0.05, 0.1) is 6.61 Å². The maximum absolute atomic E-state index is 5.64. The van der Waals surface area contributed by atoms with Crippen LogP contribution in [0.25, 0.3) is 0 Å². The van der Waals surface area contributed by atoms with Gasteiger partial charge >= 0.3 is 0 Å². The SMILES string of the molecule is CCNCc1ccc(OCC)c(C(C)C)c1. The fraction of sp³-hybridized carbons (Fsp3) is 0.571. The molecule has 1 aromatic carbocycles. The fourth-order valence-electron chi connectivity index (χ4n) is 1.72. The molecule has 0 aliphatic rings. The maximum Gasteiger partial charge on any atom is 0.122 e. The Morgan fingerprint density at radius 2 is 2.00 bits per heavy atom. The lowest BCUT2D eigenvalue weighted by Gasteiger charge is -2.15. The first-order valence-corrected chi connectivity index (χ1v) is 6.15. The van der Waals surface area contributed by atoms with Crippen LogP contribution in [0.3, 0.4) is 0 Å². The third-order valence-corrected chi connectivity index (χ3v) is 2.58. The van der Waals surface area contributed by atoms with Gasteiger partial charge in [-0.15, -0.1) is 0 Å². The molecule has 90 valence electrons. The van der Waals surface area contributed by atoms with Gasteiger partial charge in [-0.05, 0) is 36.6 Å². The zero-order chi connectivity index (χ0) is 12.0. The first-order valence-electron chi connectivity index (χ1n) is 6.15. The third-order valence-electron chi connectivity index (χ3n) is 2.58. The van der Waals surface area contributed by atoms with Crippen molar-refractivity contribution < 1.29 is 4.74 Å². The second kappa shape index (κ2) is 6.54. The van der Waals surface area contributed by atoms with Crippen molar-refractivity contribution in [2.24, 2.45) is 0 Å². The zero-order valence-corrected chi connectivity index (χ0v) is 10.8. The summed E-state index contributed by atoms with van der Waals surface area (Å²) in [4.78, 5) is 0. The van der Waals surface area contributed by atoms with Gasteiger partial charge in [0.1, 0.15) is 5.75 Å². The molecule has 0 spiro atoms. The van der Waals surface area contributed by atoms with Gasteiger partial charge in [-0.25, -0.2) is 0 Å². The van der Waals surface area contributed by atoms with Gasteiger partial charge in [0, 0.05) is 6.54 Å². The van der Waals surface area contributed by atoms with E-state index < -0.39 is 0 Å². The molecule has 0 radical (unpaired) electrons. The lowest BCUT2D eigenvalue weighted by Crippen LogP contribution is -2.12. The summed E-state index contributed by atoms with van der Waals surface area (Å²) >= 11 is 0. The Bertz CT molecular complexity index is 321. The molecule has 2 nitrogen and oxygen atoms in total. The van der Waals surface area contributed by atoms with Crippen molar-refractivity contribution in [3.63, 3.8) is 0 Å². The Hall–Kier alpha value is -1.02. The van der Waals surface area contributed by atoms with Gasteiger partial charge in [-0.3, -0.25) is 0 Å². The maximum atomic E-state index is 5.64. The van der Waals surface area contributed by atoms with E-state index in [9.17, 15) is 0 Å². The highest BCUT2D eigenvalue weighted by atomic mass is 16.5. The van der Waals surface area contributed by atoms with E-state index in [1.165, 1.54) is 11.1 Å². The molecule has 0 heterocycles. The second-order valence-corrected chi connectivity index (χ2v) is 4.24. The third kappa shape index (κ3) is 3.53. The molecule has 0 aromatic heterocycles. The van der Waals surface area contributed by atoms with Gasteiger partial charge in [-0.2, -0.15) is 0 Å². The normalized spacial score (nSPS) is 10.8. The van der Waals surface area contributed by atoms with E-state index in [2.05, 4.69) is 44.3 Å². The molecule has 1 aromatic rings. The molecule has 0 bridgehead atoms. The number of rotatable bonds is 6. The molecule has 2 heteroatoms. The highest BCUT2D eigenvalue weighted by molar-refractivity contribution is 5.39. The predicted molar refractivity (Wildman–Crippen MR) is 69.1 cm³/mol. The van der Waals surface area contributed by atoms with Gasteiger partial charge in [0.25, 0.3) is 0 Å². The molecule has 0 aliphatic carbocycles. The van der Waals surface area contributed by atoms with Gasteiger partial charge < -0.3 is 10.1 Å². The van der Waals surface area contributed by atoms with Gasteiger partial charge in [0.2, 0.25) is 0 Å². The lowest BCUT2D eigenvalue weighted by atomic mass is 9.99. The average Bonchev–Trinajstić information content (AvgIpc) is 2.27. The molecule has 0 amide bonds. The summed E-state index contributed by atoms with van der Waals surface area (Å²) in [6.07, 6.45) is 0. The van der Waals surface area contributed by atoms with Crippen molar-refractivity contribution >= 4 is 0 Å². The molecule has 1 rings (SSSR count). The summed E-state index contributed by atoms with van der Waals surface area (Å²) < 4.78 is 5.64. The Morgan fingerprint density at radius 3 is 2.56 bits per heavy atom. The fourth-order valence-corrected chi connectivity index (χ4v) is 1.72. The van der Waals surface area contributed by atoms with Crippen molar-refractivity contribution in [2.75, 3.05) is 13.2 Å². The summed E-state index contributed by atoms with van der Waals surface area (Å²) in [5.74, 6) is 1.53. The van der Waals surface area contributed by atoms with Crippen LogP contribution >= 0.6 is 0 Å². The van der Waals surface area contributed by atoms with E-state index in [-0.39, 0.29) is 0 Å². The summed E-state index contributed by atoms with van der Waals surface area (Å²) in [6.45, 7) is 11.2. The largest absolute Gasteiger partial charge is 0.494 e. The standard InChI is InChI=1S/C14H23NO/c1-5-15-10-12-7-8-14(16-6-2)13(9-12)11(3)4/h7-9,11,15H,5-6,10H2,1-4H3. The van der Waals surface area contributed by atoms with E-state index >= 15 is 0 Å². The van der Waals surface area contributed by atoms with Crippen LogP contribution < -0.4 is 10.1 Å². The molecule has 1 N–H and O–H groups in total. The van der Waals surface area contributed by atoms with E-state index in [0.717, 1.165) is 25.4 Å². The molecular formula is C14H23NO. The van der Waals surface area contributed by atoms with E-state index in [1.54, 1.807) is 0 Å². The summed E-state index contributed by atoms with van der Waals surface area (Å²) in [7, 11) is 0. The number of hydrogen-bond donors (Lipinski definition) is 1. The van der Waals surface area contributed by atoms with Crippen molar-refractivity contribution in [2.45, 2.75) is 40.2 Å². The number of ether oxygens (including phenoxy) is 1. The second-order valence-electron chi connectivity index (χ2n) is 4.24. The van der Waals surface area contributed by atoms with Crippen molar-refractivity contribution in [3.05, 3.63) is 29.3 Å². The summed E-state index contributed by atoms with van der Waals surface area (Å²) in [6, 6.07) is 6.48. The van der Waals surface area contributed by atoms with Crippen LogP contribution in [0.4, 0.5) is 0 Å². The van der Waals surface area contributed by atoms with E-state index in [0.29, 0.717) is 5.92 Å². The Balaban J connectivity index is 2.88. The molecule has 0 atom stereocenters. The van der Waals surface area contributed by atoms with Gasteiger partial charge in [0.15, 0.2) is 0 Å². The Morgan fingerprint density at radius 1 is 1.25 bits per heavy atom. The Labute approximate surface area is 99.0 Å². The Kier molecular flexibility index (Phi) is 5.33. The summed E-state index contributed by atoms with van der Waals surface area (Å²) in [5, 5.41) is 3.34. The number of benzene rings is 1. The number of nitrogens with one attached hydrogen (secondary N) is 1. The molecule has 0 unspecified atom stereocenters. The van der Waals surface area contributed by atoms with Crippen LogP contribution in [0, 0.1) is 0 Å². The predicted octanol–water partition coefficient (Wildman–Crippen LogP) is 3.32. The van der Waals surface area contributed by atoms with Crippen molar-refractivity contribution in [1.29, 1.82) is 0 Å². The van der Waals surface area contributed by atoms with E-state index in [4.69, 9.17) is 4.74 Å². The minimum atomic E-state index is 0.503. The summed E-state index contributed by atoms with van der Waals surface area (Å²) in [5.41, 5.74) is 2.63. The van der Waals surface area contributed by atoms with Crippen molar-refractivity contribution in [1.82, 2.24) is 5.32 Å². The van der Waals surface area contributed by atoms with Crippen LogP contribution in [0.5, 0.6) is 5.75 Å². The first kappa shape index (κ1) is 13.0. The first-order chi connectivity index (χ1) is 7.69. The minimum absolute atomic E-state index is 0.503. The monoisotopic (exact) mass is 221 g/mol. The highest BCUT2D eigenvalue weighted by Crippen LogP contribution is 2.27. The quantitative estimate of drug-likeness (QED) is 0.795. The smallest absolute Gasteiger partial charge is 0.122 e. The minimum Gasteiger partial charge on any atom is -0.494 e. The topological polar surface area (TPSA) is 21.3 Å². The molecule has 0 saturated heterocycles. The van der Waals surface area contributed by atoms with Crippen LogP contribution in [0.1, 0.15) is 44.7 Å². The van der Waals surface area contributed by atoms with Gasteiger partial charge in [-0.1, -0.05) is 32.9 Å². The molecule has 16 heavy (non-hydrogen) atoms. The average molecular weight is 221 g/mol. The van der Waals surface area contributed by atoms with Crippen LogP contribution in [-0.2, 0) is 6.54 Å². The number of hydrogen-bond acceptors (Lipinski definition) is 2.